The largest absolute Gasteiger partial charge is 0.345 e. The third-order valence-electron chi connectivity index (χ3n) is 4.86. The zero-order valence-electron chi connectivity index (χ0n) is 14.5. The van der Waals surface area contributed by atoms with E-state index in [0.29, 0.717) is 16.5 Å². The van der Waals surface area contributed by atoms with Gasteiger partial charge >= 0.3 is 0 Å². The maximum absolute atomic E-state index is 12.9. The van der Waals surface area contributed by atoms with Crippen LogP contribution in [-0.4, -0.2) is 15.7 Å². The lowest BCUT2D eigenvalue weighted by molar-refractivity contribution is 0.0931. The molecular formula is C21H20ClN3O. The molecule has 1 heterocycles. The van der Waals surface area contributed by atoms with Crippen LogP contribution >= 0.6 is 11.6 Å². The molecule has 26 heavy (non-hydrogen) atoms. The molecule has 0 aliphatic heterocycles. The molecule has 1 aliphatic carbocycles. The van der Waals surface area contributed by atoms with Gasteiger partial charge in [-0.2, -0.15) is 5.10 Å². The Kier molecular flexibility index (Phi) is 4.51. The highest BCUT2D eigenvalue weighted by Gasteiger charge is 2.34. The number of rotatable bonds is 5. The van der Waals surface area contributed by atoms with Crippen molar-refractivity contribution in [1.82, 2.24) is 15.1 Å². The Morgan fingerprint density at radius 2 is 1.85 bits per heavy atom. The number of halogens is 1. The third kappa shape index (κ3) is 3.37. The summed E-state index contributed by atoms with van der Waals surface area (Å²) in [5.74, 6) is 0.404. The number of para-hydroxylation sites is 1. The maximum Gasteiger partial charge on any atom is 0.255 e. The molecule has 1 N–H and O–H groups in total. The number of benzene rings is 2. The molecule has 5 heteroatoms. The van der Waals surface area contributed by atoms with Crippen molar-refractivity contribution >= 4 is 17.5 Å². The zero-order valence-corrected chi connectivity index (χ0v) is 15.3. The van der Waals surface area contributed by atoms with Crippen LogP contribution in [0.5, 0.6) is 0 Å². The molecule has 4 nitrogen and oxygen atoms in total. The van der Waals surface area contributed by atoms with Gasteiger partial charge in [0.2, 0.25) is 0 Å². The summed E-state index contributed by atoms with van der Waals surface area (Å²) >= 11 is 6.00. The van der Waals surface area contributed by atoms with Crippen LogP contribution in [0.4, 0.5) is 0 Å². The molecule has 1 aliphatic rings. The lowest BCUT2D eigenvalue weighted by Crippen LogP contribution is -2.30. The fourth-order valence-electron chi connectivity index (χ4n) is 3.25. The van der Waals surface area contributed by atoms with E-state index in [2.05, 4.69) is 10.4 Å². The standard InChI is InChI=1S/C21H20ClN3O/c1-14-19(13-23-25(14)18-5-3-2-4-6-18)21(26)24-20(15-7-8-15)16-9-11-17(22)12-10-16/h2-6,9-13,15,20H,7-8H2,1H3,(H,24,26). The van der Waals surface area contributed by atoms with Gasteiger partial charge in [0.05, 0.1) is 29.2 Å². The summed E-state index contributed by atoms with van der Waals surface area (Å²) in [4.78, 5) is 12.9. The Bertz CT molecular complexity index is 914. The van der Waals surface area contributed by atoms with Crippen molar-refractivity contribution in [2.45, 2.75) is 25.8 Å². The molecular weight excluding hydrogens is 346 g/mol. The van der Waals surface area contributed by atoms with Gasteiger partial charge in [0.1, 0.15) is 0 Å². The molecule has 2 aromatic carbocycles. The monoisotopic (exact) mass is 365 g/mol. The Morgan fingerprint density at radius 3 is 2.50 bits per heavy atom. The molecule has 0 radical (unpaired) electrons. The molecule has 1 unspecified atom stereocenters. The molecule has 1 aromatic heterocycles. The van der Waals surface area contributed by atoms with Gasteiger partial charge < -0.3 is 5.32 Å². The van der Waals surface area contributed by atoms with Gasteiger partial charge in [0, 0.05) is 5.02 Å². The second-order valence-electron chi connectivity index (χ2n) is 6.73. The first-order chi connectivity index (χ1) is 12.6. The van der Waals surface area contributed by atoms with Gasteiger partial charge in [-0.05, 0) is 55.5 Å². The molecule has 4 rings (SSSR count). The van der Waals surface area contributed by atoms with Crippen LogP contribution in [0, 0.1) is 12.8 Å². The van der Waals surface area contributed by atoms with Gasteiger partial charge in [-0.1, -0.05) is 41.9 Å². The molecule has 1 atom stereocenters. The zero-order chi connectivity index (χ0) is 18.1. The van der Waals surface area contributed by atoms with E-state index in [1.807, 2.05) is 61.5 Å². The van der Waals surface area contributed by atoms with Crippen LogP contribution in [0.25, 0.3) is 5.69 Å². The van der Waals surface area contributed by atoms with Crippen molar-refractivity contribution in [2.75, 3.05) is 0 Å². The quantitative estimate of drug-likeness (QED) is 0.711. The number of nitrogens with one attached hydrogen (secondary N) is 1. The smallest absolute Gasteiger partial charge is 0.255 e. The number of aromatic nitrogens is 2. The molecule has 0 bridgehead atoms. The van der Waals surface area contributed by atoms with Gasteiger partial charge in [-0.25, -0.2) is 4.68 Å². The molecule has 132 valence electrons. The van der Waals surface area contributed by atoms with Crippen molar-refractivity contribution in [2.24, 2.45) is 5.92 Å². The van der Waals surface area contributed by atoms with Crippen molar-refractivity contribution in [3.63, 3.8) is 0 Å². The van der Waals surface area contributed by atoms with Gasteiger partial charge in [0.25, 0.3) is 5.91 Å². The van der Waals surface area contributed by atoms with Crippen LogP contribution in [-0.2, 0) is 0 Å². The van der Waals surface area contributed by atoms with Crippen LogP contribution < -0.4 is 5.32 Å². The van der Waals surface area contributed by atoms with Gasteiger partial charge in [-0.3, -0.25) is 4.79 Å². The summed E-state index contributed by atoms with van der Waals surface area (Å²) in [6, 6.07) is 17.6. The van der Waals surface area contributed by atoms with Crippen molar-refractivity contribution < 1.29 is 4.79 Å². The minimum atomic E-state index is -0.0865. The number of carbonyl (C=O) groups excluding carboxylic acids is 1. The minimum Gasteiger partial charge on any atom is -0.345 e. The maximum atomic E-state index is 12.9. The summed E-state index contributed by atoms with van der Waals surface area (Å²) in [5.41, 5.74) is 3.48. The SMILES string of the molecule is Cc1c(C(=O)NC(c2ccc(Cl)cc2)C2CC2)cnn1-c1ccccc1. The van der Waals surface area contributed by atoms with E-state index in [4.69, 9.17) is 11.6 Å². The topological polar surface area (TPSA) is 46.9 Å². The van der Waals surface area contributed by atoms with Crippen LogP contribution in [0.3, 0.4) is 0 Å². The van der Waals surface area contributed by atoms with E-state index in [9.17, 15) is 4.79 Å². The Labute approximate surface area is 157 Å². The normalized spacial score (nSPS) is 14.8. The van der Waals surface area contributed by atoms with Crippen LogP contribution in [0.1, 0.15) is 40.5 Å². The van der Waals surface area contributed by atoms with E-state index < -0.39 is 0 Å². The van der Waals surface area contributed by atoms with Gasteiger partial charge in [0.15, 0.2) is 0 Å². The van der Waals surface area contributed by atoms with E-state index in [0.717, 1.165) is 29.8 Å². The van der Waals surface area contributed by atoms with Crippen LogP contribution in [0.2, 0.25) is 5.02 Å². The fraction of sp³-hybridized carbons (Fsp3) is 0.238. The van der Waals surface area contributed by atoms with E-state index >= 15 is 0 Å². The lowest BCUT2D eigenvalue weighted by Gasteiger charge is -2.19. The average molecular weight is 366 g/mol. The molecule has 1 fully saturated rings. The highest BCUT2D eigenvalue weighted by Crippen LogP contribution is 2.41. The highest BCUT2D eigenvalue weighted by atomic mass is 35.5. The average Bonchev–Trinajstić information content (AvgIpc) is 3.43. The molecule has 1 amide bonds. The number of hydrogen-bond donors (Lipinski definition) is 1. The predicted octanol–water partition coefficient (Wildman–Crippen LogP) is 4.72. The lowest BCUT2D eigenvalue weighted by atomic mass is 10.0. The van der Waals surface area contributed by atoms with Crippen molar-refractivity contribution in [3.8, 4) is 5.69 Å². The summed E-state index contributed by atoms with van der Waals surface area (Å²) in [6.07, 6.45) is 3.91. The minimum absolute atomic E-state index is 0.0132. The Morgan fingerprint density at radius 1 is 1.15 bits per heavy atom. The molecule has 3 aromatic rings. The molecule has 1 saturated carbocycles. The molecule has 0 saturated heterocycles. The highest BCUT2D eigenvalue weighted by molar-refractivity contribution is 6.30. The second kappa shape index (κ2) is 6.96. The molecule has 0 spiro atoms. The van der Waals surface area contributed by atoms with E-state index in [-0.39, 0.29) is 11.9 Å². The summed E-state index contributed by atoms with van der Waals surface area (Å²) in [6.45, 7) is 1.92. The number of amides is 1. The van der Waals surface area contributed by atoms with Crippen LogP contribution in [0.15, 0.2) is 60.8 Å². The predicted molar refractivity (Wildman–Crippen MR) is 103 cm³/mol. The van der Waals surface area contributed by atoms with Crippen molar-refractivity contribution in [3.05, 3.63) is 82.6 Å². The summed E-state index contributed by atoms with van der Waals surface area (Å²) in [7, 11) is 0. The first kappa shape index (κ1) is 16.9. The summed E-state index contributed by atoms with van der Waals surface area (Å²) < 4.78 is 1.79. The first-order valence-electron chi connectivity index (χ1n) is 8.80. The second-order valence-corrected chi connectivity index (χ2v) is 7.17. The first-order valence-corrected chi connectivity index (χ1v) is 9.17. The van der Waals surface area contributed by atoms with E-state index in [1.54, 1.807) is 10.9 Å². The fourth-order valence-corrected chi connectivity index (χ4v) is 3.38. The Balaban J connectivity index is 1.57. The van der Waals surface area contributed by atoms with E-state index in [1.165, 1.54) is 0 Å². The number of carbonyl (C=O) groups is 1. The number of nitrogens with zero attached hydrogens (tertiary/aromatic N) is 2. The number of hydrogen-bond acceptors (Lipinski definition) is 2. The van der Waals surface area contributed by atoms with Gasteiger partial charge in [-0.15, -0.1) is 0 Å². The van der Waals surface area contributed by atoms with Crippen molar-refractivity contribution in [1.29, 1.82) is 0 Å². The Hall–Kier alpha value is -2.59. The summed E-state index contributed by atoms with van der Waals surface area (Å²) in [5, 5.41) is 8.30. The third-order valence-corrected chi connectivity index (χ3v) is 5.12.